The highest BCUT2D eigenvalue weighted by Gasteiger charge is 2.74. The van der Waals surface area contributed by atoms with Gasteiger partial charge < -0.3 is 20.1 Å². The molecule has 2 unspecified atom stereocenters. The third-order valence-electron chi connectivity index (χ3n) is 7.46. The molecule has 11 nitrogen and oxygen atoms in total. The molecule has 0 saturated heterocycles. The third-order valence-corrected chi connectivity index (χ3v) is 7.46. The number of Topliss-reactive ketones (excluding diaryl/α,β-unsaturated/α-hetero) is 1. The molecular weight excluding hydrogens is 455 g/mol. The molecule has 0 spiro atoms. The number of imidazole rings is 1. The molecule has 2 aliphatic rings. The molecule has 180 valence electrons. The summed E-state index contributed by atoms with van der Waals surface area (Å²) in [5.74, 6) is -0.0568. The van der Waals surface area contributed by atoms with Crippen LogP contribution in [0.3, 0.4) is 0 Å². The van der Waals surface area contributed by atoms with Crippen LogP contribution in [-0.4, -0.2) is 69.8 Å². The Hall–Kier alpha value is -3.77. The van der Waals surface area contributed by atoms with Gasteiger partial charge in [-0.3, -0.25) is 4.79 Å². The molecule has 2 saturated carbocycles. The number of halogens is 1. The molecule has 2 aliphatic carbocycles. The van der Waals surface area contributed by atoms with E-state index in [4.69, 9.17) is 0 Å². The van der Waals surface area contributed by atoms with E-state index in [2.05, 4.69) is 30.6 Å². The maximum atomic E-state index is 14.0. The van der Waals surface area contributed by atoms with E-state index < -0.39 is 23.7 Å². The van der Waals surface area contributed by atoms with Gasteiger partial charge in [0, 0.05) is 12.6 Å². The van der Waals surface area contributed by atoms with Crippen LogP contribution in [0.5, 0.6) is 0 Å². The largest absolute Gasteiger partial charge is 0.389 e. The maximum absolute atomic E-state index is 14.0. The maximum Gasteiger partial charge on any atom is 0.256 e. The number of hydrogen-bond acceptors (Lipinski definition) is 9. The fourth-order valence-corrected chi connectivity index (χ4v) is 5.42. The predicted octanol–water partition coefficient (Wildman–Crippen LogP) is 1.44. The first-order chi connectivity index (χ1) is 16.8. The number of ketones is 1. The second kappa shape index (κ2) is 7.36. The smallest absolute Gasteiger partial charge is 0.256 e. The minimum absolute atomic E-state index is 0.130. The number of aliphatic hydroxyl groups is 2. The zero-order valence-corrected chi connectivity index (χ0v) is 19.2. The monoisotopic (exact) mass is 478 g/mol. The Balaban J connectivity index is 1.43. The van der Waals surface area contributed by atoms with Crippen LogP contribution in [0, 0.1) is 24.1 Å². The van der Waals surface area contributed by atoms with Crippen molar-refractivity contribution in [2.45, 2.75) is 38.5 Å². The quantitative estimate of drug-likeness (QED) is 0.388. The number of nitrogens with zero attached hydrogens (tertiary/aromatic N) is 7. The summed E-state index contributed by atoms with van der Waals surface area (Å²) >= 11 is 0. The van der Waals surface area contributed by atoms with Gasteiger partial charge >= 0.3 is 0 Å². The minimum Gasteiger partial charge on any atom is -0.389 e. The summed E-state index contributed by atoms with van der Waals surface area (Å²) in [5.41, 5.74) is 1.51. The molecule has 3 heterocycles. The topological polar surface area (TPSA) is 144 Å². The van der Waals surface area contributed by atoms with Gasteiger partial charge in [0.15, 0.2) is 17.0 Å². The van der Waals surface area contributed by atoms with E-state index in [1.807, 2.05) is 0 Å². The number of anilines is 1. The van der Waals surface area contributed by atoms with E-state index >= 15 is 0 Å². The highest BCUT2D eigenvalue weighted by molar-refractivity contribution is 5.88. The Morgan fingerprint density at radius 1 is 1.29 bits per heavy atom. The van der Waals surface area contributed by atoms with Gasteiger partial charge in [-0.15, -0.1) is 5.10 Å². The molecule has 6 rings (SSSR count). The summed E-state index contributed by atoms with van der Waals surface area (Å²) < 4.78 is 17.1. The van der Waals surface area contributed by atoms with Gasteiger partial charge in [-0.1, -0.05) is 17.3 Å². The van der Waals surface area contributed by atoms with Crippen molar-refractivity contribution in [3.63, 3.8) is 0 Å². The van der Waals surface area contributed by atoms with Crippen LogP contribution in [0.4, 0.5) is 10.2 Å². The van der Waals surface area contributed by atoms with Crippen LogP contribution in [-0.2, 0) is 4.79 Å². The Morgan fingerprint density at radius 3 is 2.77 bits per heavy atom. The number of fused-ring (bicyclic) bond motifs is 2. The lowest BCUT2D eigenvalue weighted by Gasteiger charge is -2.23. The summed E-state index contributed by atoms with van der Waals surface area (Å²) in [4.78, 5) is 25.8. The van der Waals surface area contributed by atoms with Crippen LogP contribution in [0.25, 0.3) is 28.4 Å². The zero-order valence-electron chi connectivity index (χ0n) is 19.2. The van der Waals surface area contributed by atoms with Crippen LogP contribution in [0.2, 0.25) is 0 Å². The molecule has 1 aromatic carbocycles. The molecule has 4 aromatic rings. The average molecular weight is 478 g/mol. The van der Waals surface area contributed by atoms with Crippen LogP contribution in [0.15, 0.2) is 30.7 Å². The summed E-state index contributed by atoms with van der Waals surface area (Å²) in [6.45, 7) is 3.13. The fraction of sp³-hybridized carbons (Fsp3) is 0.391. The molecule has 0 aliphatic heterocycles. The zero-order chi connectivity index (χ0) is 24.6. The number of rotatable bonds is 5. The molecule has 0 bridgehead atoms. The lowest BCUT2D eigenvalue weighted by atomic mass is 9.95. The predicted molar refractivity (Wildman–Crippen MR) is 122 cm³/mol. The lowest BCUT2D eigenvalue weighted by Crippen LogP contribution is -2.36. The number of aliphatic hydroxyl groups excluding tert-OH is 2. The van der Waals surface area contributed by atoms with Crippen molar-refractivity contribution in [1.82, 2.24) is 34.5 Å². The minimum atomic E-state index is -1.15. The number of carbonyl (C=O) groups is 1. The van der Waals surface area contributed by atoms with Crippen LogP contribution >= 0.6 is 0 Å². The molecule has 35 heavy (non-hydrogen) atoms. The van der Waals surface area contributed by atoms with Crippen molar-refractivity contribution in [2.24, 2.45) is 11.3 Å². The van der Waals surface area contributed by atoms with Gasteiger partial charge in [0.05, 0.1) is 30.1 Å². The molecule has 12 heteroatoms. The van der Waals surface area contributed by atoms with E-state index in [1.54, 1.807) is 43.2 Å². The van der Waals surface area contributed by atoms with Crippen molar-refractivity contribution in [2.75, 3.05) is 12.4 Å². The average Bonchev–Trinajstić information content (AvgIpc) is 3.11. The Kier molecular flexibility index (Phi) is 4.57. The van der Waals surface area contributed by atoms with Crippen molar-refractivity contribution < 1.29 is 19.4 Å². The molecule has 5 atom stereocenters. The first-order valence-corrected chi connectivity index (χ1v) is 11.2. The number of hydrogen-bond donors (Lipinski definition) is 3. The van der Waals surface area contributed by atoms with Crippen LogP contribution < -0.4 is 5.32 Å². The fourth-order valence-electron chi connectivity index (χ4n) is 5.42. The molecular formula is C23H23FN8O3. The van der Waals surface area contributed by atoms with Crippen molar-refractivity contribution in [3.8, 4) is 17.2 Å². The number of nitrogens with one attached hydrogen (secondary N) is 1. The summed E-state index contributed by atoms with van der Waals surface area (Å²) in [6.07, 6.45) is 1.36. The van der Waals surface area contributed by atoms with E-state index in [0.717, 1.165) is 0 Å². The van der Waals surface area contributed by atoms with Gasteiger partial charge in [-0.2, -0.15) is 14.6 Å². The standard InChI is InChI=1S/C23H23FN8O3/c1-10-4-5-12(6-14(10)24)15-8-32(30-29-15)22-27-20(25-3)16-21(28-22)31(9-26-16)17-13-7-23(13,11(2)33)19(35)18(17)34/h4-6,8-9,13,17-19,34-35H,7H2,1-3H3,(H,25,27,28)/t13?,17-,18+,19?,23+/m1/s1. The van der Waals surface area contributed by atoms with E-state index in [9.17, 15) is 19.4 Å². The Bertz CT molecular complexity index is 1500. The van der Waals surface area contributed by atoms with E-state index in [-0.39, 0.29) is 23.5 Å². The molecule has 3 N–H and O–H groups in total. The number of benzene rings is 1. The van der Waals surface area contributed by atoms with Crippen molar-refractivity contribution in [1.29, 1.82) is 0 Å². The summed E-state index contributed by atoms with van der Waals surface area (Å²) in [7, 11) is 1.70. The van der Waals surface area contributed by atoms with Gasteiger partial charge in [-0.05, 0) is 37.8 Å². The first kappa shape index (κ1) is 21.7. The number of aryl methyl sites for hydroxylation is 1. The lowest BCUT2D eigenvalue weighted by molar-refractivity contribution is -0.128. The van der Waals surface area contributed by atoms with Crippen LogP contribution in [0.1, 0.15) is 24.9 Å². The normalized spacial score (nSPS) is 27.3. The molecule has 2 fully saturated rings. The highest BCUT2D eigenvalue weighted by atomic mass is 19.1. The second-order valence-electron chi connectivity index (χ2n) is 9.29. The summed E-state index contributed by atoms with van der Waals surface area (Å²) in [6, 6.07) is 4.26. The Labute approximate surface area is 198 Å². The first-order valence-electron chi connectivity index (χ1n) is 11.2. The highest BCUT2D eigenvalue weighted by Crippen LogP contribution is 2.68. The summed E-state index contributed by atoms with van der Waals surface area (Å²) in [5, 5.41) is 32.7. The second-order valence-corrected chi connectivity index (χ2v) is 9.29. The number of carbonyl (C=O) groups excluding carboxylic acids is 1. The van der Waals surface area contributed by atoms with E-state index in [0.29, 0.717) is 40.2 Å². The SMILES string of the molecule is CNc1nc(-n2cc(-c3ccc(C)c(F)c3)nn2)nc2c1ncn2[C@@H]1C2C[C@@]2(C(C)=O)C(O)[C@H]1O. The van der Waals surface area contributed by atoms with E-state index in [1.165, 1.54) is 17.7 Å². The molecule has 0 radical (unpaired) electrons. The van der Waals surface area contributed by atoms with Gasteiger partial charge in [0.2, 0.25) is 0 Å². The molecule has 0 amide bonds. The van der Waals surface area contributed by atoms with Crippen molar-refractivity contribution >= 4 is 22.8 Å². The molecule has 3 aromatic heterocycles. The van der Waals surface area contributed by atoms with Gasteiger partial charge in [0.25, 0.3) is 5.95 Å². The number of aromatic nitrogens is 7. The Morgan fingerprint density at radius 2 is 2.09 bits per heavy atom. The van der Waals surface area contributed by atoms with Gasteiger partial charge in [-0.25, -0.2) is 9.37 Å². The third kappa shape index (κ3) is 2.96. The van der Waals surface area contributed by atoms with Crippen molar-refractivity contribution in [3.05, 3.63) is 42.1 Å². The van der Waals surface area contributed by atoms with Gasteiger partial charge in [0.1, 0.15) is 23.4 Å².